The largest absolute Gasteiger partial charge is 0.464 e. The summed E-state index contributed by atoms with van der Waals surface area (Å²) in [6, 6.07) is -0.532. The number of rotatable bonds is 17. The summed E-state index contributed by atoms with van der Waals surface area (Å²) in [6.45, 7) is 4.46. The highest BCUT2D eigenvalue weighted by Crippen LogP contribution is 2.24. The maximum Gasteiger partial charge on any atom is 0.328 e. The van der Waals surface area contributed by atoms with Crippen molar-refractivity contribution in [3.8, 4) is 0 Å². The van der Waals surface area contributed by atoms with E-state index in [0.717, 1.165) is 38.5 Å². The molecule has 1 saturated carbocycles. The summed E-state index contributed by atoms with van der Waals surface area (Å²) in [7, 11) is 0. The number of carbonyl (C=O) groups is 2. The molecule has 0 spiro atoms. The minimum atomic E-state index is -0.532. The van der Waals surface area contributed by atoms with E-state index in [0.29, 0.717) is 6.61 Å². The van der Waals surface area contributed by atoms with Crippen LogP contribution in [0.25, 0.3) is 0 Å². The summed E-state index contributed by atoms with van der Waals surface area (Å²) < 4.78 is 5.31. The van der Waals surface area contributed by atoms with Gasteiger partial charge in [0.15, 0.2) is 0 Å². The van der Waals surface area contributed by atoms with Crippen LogP contribution in [0.1, 0.15) is 123 Å². The molecule has 0 aromatic heterocycles. The Hall–Kier alpha value is -1.06. The average Bonchev–Trinajstić information content (AvgIpc) is 3.23. The molecule has 1 fully saturated rings. The fourth-order valence-electron chi connectivity index (χ4n) is 4.00. The first-order chi connectivity index (χ1) is 13.6. The Morgan fingerprint density at radius 3 is 1.79 bits per heavy atom. The molecule has 0 saturated heterocycles. The van der Waals surface area contributed by atoms with Gasteiger partial charge in [0.25, 0.3) is 0 Å². The first-order valence-electron chi connectivity index (χ1n) is 12.1. The Labute approximate surface area is 173 Å². The van der Waals surface area contributed by atoms with Gasteiger partial charge in [0.1, 0.15) is 6.04 Å². The molecule has 0 radical (unpaired) electrons. The van der Waals surface area contributed by atoms with Crippen molar-refractivity contribution < 1.29 is 14.3 Å². The molecule has 1 aliphatic carbocycles. The van der Waals surface area contributed by atoms with Gasteiger partial charge in [-0.05, 0) is 26.2 Å². The Morgan fingerprint density at radius 1 is 0.821 bits per heavy atom. The summed E-state index contributed by atoms with van der Waals surface area (Å²) in [5, 5.41) is 2.81. The molecule has 164 valence electrons. The number of nitrogens with one attached hydrogen (secondary N) is 1. The summed E-state index contributed by atoms with van der Waals surface area (Å²) in [5.41, 5.74) is 0. The minimum absolute atomic E-state index is 0.0166. The molecule has 0 aromatic rings. The highest BCUT2D eigenvalue weighted by atomic mass is 16.5. The van der Waals surface area contributed by atoms with E-state index in [-0.39, 0.29) is 17.8 Å². The SMILES string of the molecule is CCCCCCCCCCCCCCCOC(=O)C(C)NC(=O)C1CCCC1. The van der Waals surface area contributed by atoms with Gasteiger partial charge in [-0.1, -0.05) is 96.8 Å². The molecule has 0 aliphatic heterocycles. The summed E-state index contributed by atoms with van der Waals surface area (Å²) >= 11 is 0. The molecule has 0 aromatic carbocycles. The molecule has 28 heavy (non-hydrogen) atoms. The lowest BCUT2D eigenvalue weighted by atomic mass is 10.0. The van der Waals surface area contributed by atoms with E-state index in [2.05, 4.69) is 12.2 Å². The molecule has 4 nitrogen and oxygen atoms in total. The first-order valence-corrected chi connectivity index (χ1v) is 12.1. The van der Waals surface area contributed by atoms with Gasteiger partial charge in [-0.2, -0.15) is 0 Å². The van der Waals surface area contributed by atoms with Crippen LogP contribution < -0.4 is 5.32 Å². The van der Waals surface area contributed by atoms with Crippen LogP contribution in [-0.4, -0.2) is 24.5 Å². The van der Waals surface area contributed by atoms with E-state index >= 15 is 0 Å². The van der Waals surface area contributed by atoms with Crippen molar-refractivity contribution >= 4 is 11.9 Å². The second kappa shape index (κ2) is 16.9. The van der Waals surface area contributed by atoms with Crippen molar-refractivity contribution in [2.45, 2.75) is 129 Å². The standard InChI is InChI=1S/C24H45NO3/c1-3-4-5-6-7-8-9-10-11-12-13-14-17-20-28-24(27)21(2)25-23(26)22-18-15-16-19-22/h21-22H,3-20H2,1-2H3,(H,25,26). The van der Waals surface area contributed by atoms with E-state index in [4.69, 9.17) is 4.74 Å². The van der Waals surface area contributed by atoms with E-state index in [1.165, 1.54) is 70.6 Å². The second-order valence-corrected chi connectivity index (χ2v) is 8.62. The van der Waals surface area contributed by atoms with Gasteiger partial charge in [0, 0.05) is 5.92 Å². The van der Waals surface area contributed by atoms with Crippen molar-refractivity contribution in [1.82, 2.24) is 5.32 Å². The van der Waals surface area contributed by atoms with E-state index < -0.39 is 6.04 Å². The lowest BCUT2D eigenvalue weighted by Gasteiger charge is -2.16. The normalized spacial score (nSPS) is 15.5. The smallest absolute Gasteiger partial charge is 0.328 e. The Balaban J connectivity index is 1.86. The first kappa shape index (κ1) is 25.0. The predicted octanol–water partition coefficient (Wildman–Crippen LogP) is 6.32. The number of hydrogen-bond donors (Lipinski definition) is 1. The van der Waals surface area contributed by atoms with Crippen molar-refractivity contribution in [2.24, 2.45) is 5.92 Å². The second-order valence-electron chi connectivity index (χ2n) is 8.62. The quantitative estimate of drug-likeness (QED) is 0.232. The molecule has 0 bridgehead atoms. The molecule has 1 aliphatic rings. The number of carbonyl (C=O) groups excluding carboxylic acids is 2. The van der Waals surface area contributed by atoms with Gasteiger partial charge in [-0.3, -0.25) is 4.79 Å². The van der Waals surface area contributed by atoms with Gasteiger partial charge >= 0.3 is 5.97 Å². The van der Waals surface area contributed by atoms with Crippen LogP contribution >= 0.6 is 0 Å². The number of esters is 1. The van der Waals surface area contributed by atoms with Crippen molar-refractivity contribution in [2.75, 3.05) is 6.61 Å². The minimum Gasteiger partial charge on any atom is -0.464 e. The fraction of sp³-hybridized carbons (Fsp3) is 0.917. The topological polar surface area (TPSA) is 55.4 Å². The van der Waals surface area contributed by atoms with Crippen LogP contribution in [0.2, 0.25) is 0 Å². The predicted molar refractivity (Wildman–Crippen MR) is 116 cm³/mol. The lowest BCUT2D eigenvalue weighted by Crippen LogP contribution is -2.42. The Kier molecular flexibility index (Phi) is 15.0. The van der Waals surface area contributed by atoms with Crippen LogP contribution in [0.15, 0.2) is 0 Å². The maximum absolute atomic E-state index is 12.0. The average molecular weight is 396 g/mol. The van der Waals surface area contributed by atoms with Crippen LogP contribution in [0.3, 0.4) is 0 Å². The lowest BCUT2D eigenvalue weighted by molar-refractivity contribution is -0.147. The van der Waals surface area contributed by atoms with Gasteiger partial charge in [-0.25, -0.2) is 4.79 Å². The number of hydrogen-bond acceptors (Lipinski definition) is 3. The monoisotopic (exact) mass is 395 g/mol. The third kappa shape index (κ3) is 12.4. The summed E-state index contributed by atoms with van der Waals surface area (Å²) in [6.07, 6.45) is 21.1. The van der Waals surface area contributed by atoms with E-state index in [1.807, 2.05) is 0 Å². The molecule has 1 amide bonds. The Bertz CT molecular complexity index is 405. The van der Waals surface area contributed by atoms with Crippen LogP contribution in [0.5, 0.6) is 0 Å². The highest BCUT2D eigenvalue weighted by Gasteiger charge is 2.25. The molecule has 1 unspecified atom stereocenters. The fourth-order valence-corrected chi connectivity index (χ4v) is 4.00. The number of unbranched alkanes of at least 4 members (excludes halogenated alkanes) is 12. The van der Waals surface area contributed by atoms with Crippen LogP contribution in [-0.2, 0) is 14.3 Å². The van der Waals surface area contributed by atoms with Crippen molar-refractivity contribution in [1.29, 1.82) is 0 Å². The van der Waals surface area contributed by atoms with Gasteiger partial charge < -0.3 is 10.1 Å². The van der Waals surface area contributed by atoms with E-state index in [9.17, 15) is 9.59 Å². The van der Waals surface area contributed by atoms with Crippen LogP contribution in [0, 0.1) is 5.92 Å². The highest BCUT2D eigenvalue weighted by molar-refractivity contribution is 5.85. The third-order valence-corrected chi connectivity index (χ3v) is 5.93. The van der Waals surface area contributed by atoms with Gasteiger partial charge in [0.05, 0.1) is 6.61 Å². The number of amides is 1. The van der Waals surface area contributed by atoms with Crippen molar-refractivity contribution in [3.63, 3.8) is 0 Å². The molecule has 1 atom stereocenters. The van der Waals surface area contributed by atoms with Crippen molar-refractivity contribution in [3.05, 3.63) is 0 Å². The number of ether oxygens (including phenoxy) is 1. The van der Waals surface area contributed by atoms with Gasteiger partial charge in [-0.15, -0.1) is 0 Å². The molecule has 0 heterocycles. The zero-order chi connectivity index (χ0) is 20.5. The third-order valence-electron chi connectivity index (χ3n) is 5.93. The van der Waals surface area contributed by atoms with Crippen LogP contribution in [0.4, 0.5) is 0 Å². The summed E-state index contributed by atoms with van der Waals surface area (Å²) in [4.78, 5) is 24.0. The molecular formula is C24H45NO3. The van der Waals surface area contributed by atoms with Gasteiger partial charge in [0.2, 0.25) is 5.91 Å². The Morgan fingerprint density at radius 2 is 1.29 bits per heavy atom. The summed E-state index contributed by atoms with van der Waals surface area (Å²) in [5.74, 6) is -0.190. The molecule has 4 heteroatoms. The zero-order valence-electron chi connectivity index (χ0n) is 18.6. The zero-order valence-corrected chi connectivity index (χ0v) is 18.6. The molecular weight excluding hydrogens is 350 g/mol. The molecule has 1 rings (SSSR count). The maximum atomic E-state index is 12.0. The van der Waals surface area contributed by atoms with E-state index in [1.54, 1.807) is 6.92 Å². The molecule has 1 N–H and O–H groups in total.